The minimum atomic E-state index is -0.550. The van der Waals surface area contributed by atoms with Gasteiger partial charge in [-0.25, -0.2) is 14.8 Å². The van der Waals surface area contributed by atoms with Gasteiger partial charge < -0.3 is 5.32 Å². The molecule has 0 aliphatic carbocycles. The summed E-state index contributed by atoms with van der Waals surface area (Å²) >= 11 is 0. The summed E-state index contributed by atoms with van der Waals surface area (Å²) in [5, 5.41) is 8.18. The minimum absolute atomic E-state index is 0.138. The van der Waals surface area contributed by atoms with Crippen molar-refractivity contribution >= 4 is 28.3 Å². The van der Waals surface area contributed by atoms with Gasteiger partial charge in [-0.1, -0.05) is 31.9 Å². The largest absolute Gasteiger partial charge is 0.325 e. The van der Waals surface area contributed by atoms with E-state index in [9.17, 15) is 4.79 Å². The smallest absolute Gasteiger partial charge is 0.238 e. The van der Waals surface area contributed by atoms with Crippen LogP contribution in [0.25, 0.3) is 15.9 Å². The Kier molecular flexibility index (Phi) is 4.09. The Hall–Kier alpha value is -3.27. The molecule has 7 nitrogen and oxygen atoms in total. The van der Waals surface area contributed by atoms with Crippen LogP contribution < -0.4 is 5.32 Å². The molecular formula is C19H18N6O. The van der Waals surface area contributed by atoms with Crippen LogP contribution in [0, 0.1) is 6.57 Å². The molecule has 3 aromatic rings. The maximum Gasteiger partial charge on any atom is 0.238 e. The maximum atomic E-state index is 12.6. The molecule has 1 unspecified atom stereocenters. The van der Waals surface area contributed by atoms with Gasteiger partial charge in [-0.2, -0.15) is 5.10 Å². The lowest BCUT2D eigenvalue weighted by Crippen LogP contribution is -2.14. The molecule has 1 aliphatic rings. The molecule has 3 heterocycles. The monoisotopic (exact) mass is 346 g/mol. The Morgan fingerprint density at radius 3 is 3.00 bits per heavy atom. The third-order valence-corrected chi connectivity index (χ3v) is 4.65. The molecule has 1 aromatic carbocycles. The number of anilines is 1. The van der Waals surface area contributed by atoms with Crippen LogP contribution in [0.5, 0.6) is 0 Å². The highest BCUT2D eigenvalue weighted by molar-refractivity contribution is 6.06. The van der Waals surface area contributed by atoms with Crippen molar-refractivity contribution in [3.8, 4) is 0 Å². The second-order valence-electron chi connectivity index (χ2n) is 6.40. The van der Waals surface area contributed by atoms with E-state index >= 15 is 0 Å². The predicted molar refractivity (Wildman–Crippen MR) is 98.0 cm³/mol. The second-order valence-corrected chi connectivity index (χ2v) is 6.40. The number of carbonyl (C=O) groups is 1. The average molecular weight is 346 g/mol. The number of hydrogen-bond donors (Lipinski definition) is 1. The van der Waals surface area contributed by atoms with Crippen molar-refractivity contribution in [2.24, 2.45) is 0 Å². The van der Waals surface area contributed by atoms with E-state index in [1.165, 1.54) is 6.33 Å². The van der Waals surface area contributed by atoms with Crippen molar-refractivity contribution in [1.82, 2.24) is 19.7 Å². The quantitative estimate of drug-likeness (QED) is 0.565. The molecule has 0 fully saturated rings. The summed E-state index contributed by atoms with van der Waals surface area (Å²) in [6.07, 6.45) is 6.71. The molecule has 2 aromatic heterocycles. The fourth-order valence-electron chi connectivity index (χ4n) is 3.36. The zero-order chi connectivity index (χ0) is 18.1. The van der Waals surface area contributed by atoms with E-state index in [0.717, 1.165) is 42.4 Å². The highest BCUT2D eigenvalue weighted by Crippen LogP contribution is 2.40. The number of nitrogens with zero attached hydrogens (tertiary/aromatic N) is 5. The van der Waals surface area contributed by atoms with Crippen LogP contribution >= 0.6 is 0 Å². The molecule has 0 bridgehead atoms. The minimum Gasteiger partial charge on any atom is -0.325 e. The van der Waals surface area contributed by atoms with Crippen LogP contribution in [0.1, 0.15) is 43.4 Å². The van der Waals surface area contributed by atoms with E-state index in [1.54, 1.807) is 18.2 Å². The van der Waals surface area contributed by atoms with E-state index in [4.69, 9.17) is 6.57 Å². The van der Waals surface area contributed by atoms with E-state index < -0.39 is 5.92 Å². The van der Waals surface area contributed by atoms with Gasteiger partial charge in [-0.3, -0.25) is 9.48 Å². The van der Waals surface area contributed by atoms with Gasteiger partial charge in [0.25, 0.3) is 0 Å². The normalized spacial score (nSPS) is 15.7. The van der Waals surface area contributed by atoms with Gasteiger partial charge in [0, 0.05) is 18.4 Å². The molecule has 26 heavy (non-hydrogen) atoms. The molecule has 0 spiro atoms. The van der Waals surface area contributed by atoms with Crippen molar-refractivity contribution in [2.75, 3.05) is 5.32 Å². The Morgan fingerprint density at radius 2 is 2.19 bits per heavy atom. The third kappa shape index (κ3) is 2.69. The first-order valence-electron chi connectivity index (χ1n) is 8.71. The van der Waals surface area contributed by atoms with Gasteiger partial charge in [0.05, 0.1) is 17.7 Å². The molecule has 0 saturated heterocycles. The molecule has 1 aliphatic heterocycles. The van der Waals surface area contributed by atoms with Crippen LogP contribution in [0.4, 0.5) is 11.4 Å². The summed E-state index contributed by atoms with van der Waals surface area (Å²) in [5.41, 5.74) is 3.24. The number of hydrogen-bond acceptors (Lipinski definition) is 4. The van der Waals surface area contributed by atoms with Crippen LogP contribution in [0.2, 0.25) is 0 Å². The van der Waals surface area contributed by atoms with Gasteiger partial charge in [0.2, 0.25) is 5.91 Å². The van der Waals surface area contributed by atoms with E-state index in [-0.39, 0.29) is 5.91 Å². The SMILES string of the molecule is [C-]#[N+]c1ccc2c(c1)C(c1ncnc3nn(CCCCC)cc13)C(=O)N2. The summed E-state index contributed by atoms with van der Waals surface area (Å²) in [7, 11) is 0. The summed E-state index contributed by atoms with van der Waals surface area (Å²) < 4.78 is 1.88. The molecule has 0 saturated carbocycles. The number of rotatable bonds is 5. The van der Waals surface area contributed by atoms with Crippen LogP contribution in [0.3, 0.4) is 0 Å². The Morgan fingerprint density at radius 1 is 1.31 bits per heavy atom. The first-order chi connectivity index (χ1) is 12.7. The van der Waals surface area contributed by atoms with E-state index in [1.807, 2.05) is 10.9 Å². The van der Waals surface area contributed by atoms with Crippen molar-refractivity contribution < 1.29 is 4.79 Å². The van der Waals surface area contributed by atoms with Gasteiger partial charge in [-0.05, 0) is 18.1 Å². The first kappa shape index (κ1) is 16.2. The van der Waals surface area contributed by atoms with Gasteiger partial charge in [0.1, 0.15) is 12.2 Å². The second kappa shape index (κ2) is 6.56. The van der Waals surface area contributed by atoms with E-state index in [0.29, 0.717) is 17.0 Å². The summed E-state index contributed by atoms with van der Waals surface area (Å²) in [4.78, 5) is 24.7. The van der Waals surface area contributed by atoms with Crippen molar-refractivity contribution in [3.05, 3.63) is 53.4 Å². The van der Waals surface area contributed by atoms with Crippen molar-refractivity contribution in [1.29, 1.82) is 0 Å². The number of carbonyl (C=O) groups excluding carboxylic acids is 1. The molecule has 7 heteroatoms. The standard InChI is InChI=1S/C19H18N6O/c1-3-4-5-8-25-10-14-17(21-11-22-18(14)24-25)16-13-9-12(20-2)6-7-15(13)23-19(16)26/h6-7,9-11,16H,3-5,8H2,1H3,(H,23,26). The first-order valence-corrected chi connectivity index (χ1v) is 8.71. The van der Waals surface area contributed by atoms with Crippen LogP contribution in [-0.2, 0) is 11.3 Å². The molecule has 4 rings (SSSR count). The number of fused-ring (bicyclic) bond motifs is 2. The highest BCUT2D eigenvalue weighted by atomic mass is 16.2. The lowest BCUT2D eigenvalue weighted by molar-refractivity contribution is -0.116. The lowest BCUT2D eigenvalue weighted by atomic mass is 9.95. The number of aryl methyl sites for hydroxylation is 1. The zero-order valence-electron chi connectivity index (χ0n) is 14.4. The molecule has 1 amide bonds. The average Bonchev–Trinajstić information content (AvgIpc) is 3.21. The fraction of sp³-hybridized carbons (Fsp3) is 0.316. The highest BCUT2D eigenvalue weighted by Gasteiger charge is 2.34. The molecular weight excluding hydrogens is 328 g/mol. The van der Waals surface area contributed by atoms with E-state index in [2.05, 4.69) is 32.2 Å². The number of nitrogens with one attached hydrogen (secondary N) is 1. The summed E-state index contributed by atoms with van der Waals surface area (Å²) in [5.74, 6) is -0.689. The van der Waals surface area contributed by atoms with Crippen LogP contribution in [-0.4, -0.2) is 25.7 Å². The Balaban J connectivity index is 1.78. The zero-order valence-corrected chi connectivity index (χ0v) is 14.4. The molecule has 1 atom stereocenters. The van der Waals surface area contributed by atoms with Gasteiger partial charge in [-0.15, -0.1) is 0 Å². The summed E-state index contributed by atoms with van der Waals surface area (Å²) in [6.45, 7) is 10.2. The maximum absolute atomic E-state index is 12.6. The number of amides is 1. The number of unbranched alkanes of at least 4 members (excludes halogenated alkanes) is 2. The summed E-state index contributed by atoms with van der Waals surface area (Å²) in [6, 6.07) is 5.23. The Labute approximate surface area is 150 Å². The molecule has 0 radical (unpaired) electrons. The predicted octanol–water partition coefficient (Wildman–Crippen LogP) is 3.65. The van der Waals surface area contributed by atoms with Crippen molar-refractivity contribution in [2.45, 2.75) is 38.6 Å². The lowest BCUT2D eigenvalue weighted by Gasteiger charge is -2.09. The number of aromatic nitrogens is 4. The van der Waals surface area contributed by atoms with Crippen molar-refractivity contribution in [3.63, 3.8) is 0 Å². The Bertz CT molecular complexity index is 1030. The third-order valence-electron chi connectivity index (χ3n) is 4.65. The van der Waals surface area contributed by atoms with Crippen LogP contribution in [0.15, 0.2) is 30.7 Å². The van der Waals surface area contributed by atoms with Gasteiger partial charge >= 0.3 is 0 Å². The van der Waals surface area contributed by atoms with Gasteiger partial charge in [0.15, 0.2) is 11.3 Å². The topological polar surface area (TPSA) is 77.1 Å². The molecule has 1 N–H and O–H groups in total. The molecule has 130 valence electrons. The number of benzene rings is 1. The fourth-order valence-corrected chi connectivity index (χ4v) is 3.36.